The number of nitrogens with one attached hydrogen (secondary N) is 2. The second-order valence-corrected chi connectivity index (χ2v) is 6.62. The molecular weight excluding hydrogens is 386 g/mol. The maximum Gasteiger partial charge on any atom is 0.227 e. The molecule has 1 atom stereocenters. The van der Waals surface area contributed by atoms with Crippen molar-refractivity contribution in [3.63, 3.8) is 0 Å². The quantitative estimate of drug-likeness (QED) is 0.379. The van der Waals surface area contributed by atoms with Crippen molar-refractivity contribution >= 4 is 34.5 Å². The number of aromatic hydroxyl groups is 2. The standard InChI is InChI=1S/C17H22ClN7O3/c1-3-10(8-26)20-17-21-15(14-16(22-17)25(4-2)24-23-14)19-7-11-12(27)5-9(18)6-13(11)28/h5-6,10,26-28H,3-4,7-8H2,1-2H3,(H2,19,20,21,22). The lowest BCUT2D eigenvalue weighted by molar-refractivity contribution is 0.271. The minimum absolute atomic E-state index is 0.0571. The van der Waals surface area contributed by atoms with E-state index in [2.05, 4.69) is 30.9 Å². The molecule has 0 amide bonds. The Balaban J connectivity index is 1.96. The first-order valence-electron chi connectivity index (χ1n) is 8.89. The van der Waals surface area contributed by atoms with E-state index in [9.17, 15) is 15.3 Å². The molecule has 0 fully saturated rings. The van der Waals surface area contributed by atoms with Crippen LogP contribution in [0.25, 0.3) is 11.2 Å². The molecule has 28 heavy (non-hydrogen) atoms. The van der Waals surface area contributed by atoms with E-state index in [0.717, 1.165) is 0 Å². The predicted octanol–water partition coefficient (Wildman–Crippen LogP) is 2.10. The average molecular weight is 408 g/mol. The zero-order valence-corrected chi connectivity index (χ0v) is 16.3. The largest absolute Gasteiger partial charge is 0.507 e. The lowest BCUT2D eigenvalue weighted by atomic mass is 10.1. The van der Waals surface area contributed by atoms with Gasteiger partial charge in [-0.15, -0.1) is 5.10 Å². The summed E-state index contributed by atoms with van der Waals surface area (Å²) in [5.74, 6) is 0.431. The number of aromatic nitrogens is 5. The van der Waals surface area contributed by atoms with Crippen molar-refractivity contribution in [2.24, 2.45) is 0 Å². The zero-order chi connectivity index (χ0) is 20.3. The maximum atomic E-state index is 10.1. The number of halogens is 1. The summed E-state index contributed by atoms with van der Waals surface area (Å²) in [6.45, 7) is 4.45. The summed E-state index contributed by atoms with van der Waals surface area (Å²) in [4.78, 5) is 8.88. The highest BCUT2D eigenvalue weighted by Gasteiger charge is 2.17. The van der Waals surface area contributed by atoms with E-state index in [1.54, 1.807) is 4.68 Å². The lowest BCUT2D eigenvalue weighted by Crippen LogP contribution is -2.24. The molecule has 3 aromatic rings. The Hall–Kier alpha value is -2.85. The lowest BCUT2D eigenvalue weighted by Gasteiger charge is -2.15. The van der Waals surface area contributed by atoms with Crippen molar-refractivity contribution in [2.75, 3.05) is 17.2 Å². The maximum absolute atomic E-state index is 10.1. The van der Waals surface area contributed by atoms with E-state index in [1.165, 1.54) is 12.1 Å². The van der Waals surface area contributed by atoms with Crippen LogP contribution in [-0.4, -0.2) is 52.9 Å². The summed E-state index contributed by atoms with van der Waals surface area (Å²) in [5, 5.41) is 44.1. The van der Waals surface area contributed by atoms with Gasteiger partial charge in [0, 0.05) is 18.1 Å². The van der Waals surface area contributed by atoms with Crippen molar-refractivity contribution in [1.29, 1.82) is 0 Å². The fourth-order valence-electron chi connectivity index (χ4n) is 2.68. The topological polar surface area (TPSA) is 141 Å². The van der Waals surface area contributed by atoms with Crippen LogP contribution in [0.2, 0.25) is 5.02 Å². The van der Waals surface area contributed by atoms with E-state index >= 15 is 0 Å². The van der Waals surface area contributed by atoms with Crippen LogP contribution in [0.4, 0.5) is 11.8 Å². The van der Waals surface area contributed by atoms with Crippen LogP contribution >= 0.6 is 11.6 Å². The molecule has 0 aliphatic carbocycles. The Labute approximate surface area is 166 Å². The summed E-state index contributed by atoms with van der Waals surface area (Å²) in [7, 11) is 0. The third kappa shape index (κ3) is 4.02. The molecule has 0 bridgehead atoms. The highest BCUT2D eigenvalue weighted by atomic mass is 35.5. The Morgan fingerprint density at radius 3 is 2.50 bits per heavy atom. The number of aliphatic hydroxyl groups excluding tert-OH is 1. The van der Waals surface area contributed by atoms with Gasteiger partial charge in [-0.2, -0.15) is 9.97 Å². The molecule has 0 saturated heterocycles. The van der Waals surface area contributed by atoms with E-state index in [1.807, 2.05) is 13.8 Å². The number of aryl methyl sites for hydroxylation is 1. The van der Waals surface area contributed by atoms with E-state index in [-0.39, 0.29) is 41.3 Å². The molecule has 150 valence electrons. The van der Waals surface area contributed by atoms with Crippen molar-refractivity contribution in [2.45, 2.75) is 39.4 Å². The molecule has 5 N–H and O–H groups in total. The number of nitrogens with zero attached hydrogens (tertiary/aromatic N) is 5. The van der Waals surface area contributed by atoms with Gasteiger partial charge < -0.3 is 26.0 Å². The van der Waals surface area contributed by atoms with Crippen molar-refractivity contribution in [1.82, 2.24) is 25.0 Å². The number of aliphatic hydroxyl groups is 1. The molecule has 3 rings (SSSR count). The summed E-state index contributed by atoms with van der Waals surface area (Å²) in [5.41, 5.74) is 1.26. The van der Waals surface area contributed by atoms with Gasteiger partial charge in [0.1, 0.15) is 11.5 Å². The van der Waals surface area contributed by atoms with Gasteiger partial charge in [0.25, 0.3) is 0 Å². The highest BCUT2D eigenvalue weighted by Crippen LogP contribution is 2.32. The van der Waals surface area contributed by atoms with Crippen LogP contribution in [0.5, 0.6) is 11.5 Å². The second-order valence-electron chi connectivity index (χ2n) is 6.18. The number of hydrogen-bond acceptors (Lipinski definition) is 9. The van der Waals surface area contributed by atoms with Crippen LogP contribution in [0.15, 0.2) is 12.1 Å². The first-order chi connectivity index (χ1) is 13.5. The third-order valence-electron chi connectivity index (χ3n) is 4.31. The zero-order valence-electron chi connectivity index (χ0n) is 15.5. The highest BCUT2D eigenvalue weighted by molar-refractivity contribution is 6.30. The van der Waals surface area contributed by atoms with Crippen LogP contribution in [-0.2, 0) is 13.1 Å². The number of anilines is 2. The summed E-state index contributed by atoms with van der Waals surface area (Å²) >= 11 is 5.82. The summed E-state index contributed by atoms with van der Waals surface area (Å²) in [6.07, 6.45) is 0.693. The molecular formula is C17H22ClN7O3. The van der Waals surface area contributed by atoms with Gasteiger partial charge in [-0.25, -0.2) is 4.68 Å². The van der Waals surface area contributed by atoms with Crippen LogP contribution < -0.4 is 10.6 Å². The molecule has 0 radical (unpaired) electrons. The van der Waals surface area contributed by atoms with Gasteiger partial charge in [-0.1, -0.05) is 23.7 Å². The van der Waals surface area contributed by atoms with Crippen LogP contribution in [0.3, 0.4) is 0 Å². The minimum atomic E-state index is -0.194. The average Bonchev–Trinajstić information content (AvgIpc) is 3.08. The van der Waals surface area contributed by atoms with E-state index < -0.39 is 0 Å². The molecule has 2 heterocycles. The molecule has 1 unspecified atom stereocenters. The van der Waals surface area contributed by atoms with Crippen LogP contribution in [0, 0.1) is 0 Å². The number of phenols is 2. The van der Waals surface area contributed by atoms with Gasteiger partial charge in [0.2, 0.25) is 5.95 Å². The summed E-state index contributed by atoms with van der Waals surface area (Å²) < 4.78 is 1.63. The van der Waals surface area contributed by atoms with Crippen molar-refractivity contribution in [3.05, 3.63) is 22.7 Å². The number of rotatable bonds is 8. The third-order valence-corrected chi connectivity index (χ3v) is 4.53. The van der Waals surface area contributed by atoms with Crippen molar-refractivity contribution < 1.29 is 15.3 Å². The minimum Gasteiger partial charge on any atom is -0.507 e. The number of phenolic OH excluding ortho intramolecular Hbond substituents is 2. The smallest absolute Gasteiger partial charge is 0.227 e. The SMILES string of the molecule is CCC(CO)Nc1nc(NCc2c(O)cc(Cl)cc2O)c2nnn(CC)c2n1. The fraction of sp³-hybridized carbons (Fsp3) is 0.412. The van der Waals surface area contributed by atoms with Crippen LogP contribution in [0.1, 0.15) is 25.8 Å². The Morgan fingerprint density at radius 2 is 1.89 bits per heavy atom. The number of benzene rings is 1. The Morgan fingerprint density at radius 1 is 1.18 bits per heavy atom. The van der Waals surface area contributed by atoms with Gasteiger partial charge in [-0.3, -0.25) is 0 Å². The molecule has 0 saturated carbocycles. The predicted molar refractivity (Wildman–Crippen MR) is 106 cm³/mol. The number of hydrogen-bond donors (Lipinski definition) is 5. The monoisotopic (exact) mass is 407 g/mol. The summed E-state index contributed by atoms with van der Waals surface area (Å²) in [6, 6.07) is 2.50. The van der Waals surface area contributed by atoms with Gasteiger partial charge in [-0.05, 0) is 25.5 Å². The molecule has 2 aromatic heterocycles. The molecule has 0 spiro atoms. The molecule has 10 nitrogen and oxygen atoms in total. The molecule has 1 aromatic carbocycles. The van der Waals surface area contributed by atoms with Gasteiger partial charge in [0.15, 0.2) is 17.0 Å². The Kier molecular flexibility index (Phi) is 6.00. The second kappa shape index (κ2) is 8.44. The Bertz CT molecular complexity index is 952. The molecule has 11 heteroatoms. The molecule has 0 aliphatic rings. The normalized spacial score (nSPS) is 12.3. The van der Waals surface area contributed by atoms with Crippen molar-refractivity contribution in [3.8, 4) is 11.5 Å². The van der Waals surface area contributed by atoms with E-state index in [0.29, 0.717) is 35.9 Å². The number of fused-ring (bicyclic) bond motifs is 1. The van der Waals surface area contributed by atoms with Gasteiger partial charge >= 0.3 is 0 Å². The van der Waals surface area contributed by atoms with Gasteiger partial charge in [0.05, 0.1) is 18.2 Å². The van der Waals surface area contributed by atoms with E-state index in [4.69, 9.17) is 11.6 Å². The molecule has 0 aliphatic heterocycles. The first kappa shape index (κ1) is 19.9. The first-order valence-corrected chi connectivity index (χ1v) is 9.27. The fourth-order valence-corrected chi connectivity index (χ4v) is 2.88.